The molecule has 0 aromatic carbocycles. The van der Waals surface area contributed by atoms with E-state index in [0.29, 0.717) is 5.82 Å². The molecule has 0 radical (unpaired) electrons. The molecule has 1 aliphatic heterocycles. The molecule has 1 unspecified atom stereocenters. The van der Waals surface area contributed by atoms with Gasteiger partial charge in [-0.1, -0.05) is 0 Å². The summed E-state index contributed by atoms with van der Waals surface area (Å²) in [6, 6.07) is 0. The van der Waals surface area contributed by atoms with Crippen molar-refractivity contribution in [2.75, 3.05) is 5.73 Å². The Morgan fingerprint density at radius 2 is 2.40 bits per heavy atom. The number of rotatable bonds is 2. The Morgan fingerprint density at radius 1 is 1.67 bits per heavy atom. The average molecular weight is 209 g/mol. The van der Waals surface area contributed by atoms with Gasteiger partial charge in [-0.25, -0.2) is 0 Å². The van der Waals surface area contributed by atoms with Crippen LogP contribution in [-0.4, -0.2) is 21.5 Å². The topological polar surface area (TPSA) is 53.1 Å². The summed E-state index contributed by atoms with van der Waals surface area (Å²) < 4.78 is 7.79. The van der Waals surface area contributed by atoms with Crippen molar-refractivity contribution in [3.63, 3.8) is 0 Å². The summed E-state index contributed by atoms with van der Waals surface area (Å²) in [5, 5.41) is 4.24. The van der Waals surface area contributed by atoms with E-state index in [1.807, 2.05) is 17.8 Å². The second kappa shape index (κ2) is 3.52. The van der Waals surface area contributed by atoms with Crippen LogP contribution in [0.5, 0.6) is 0 Å². The van der Waals surface area contributed by atoms with Crippen LogP contribution in [0, 0.1) is 6.92 Å². The lowest BCUT2D eigenvalue weighted by Gasteiger charge is -2.19. The highest BCUT2D eigenvalue weighted by Crippen LogP contribution is 2.30. The maximum atomic E-state index is 5.90. The predicted octanol–water partition coefficient (Wildman–Crippen LogP) is 1.73. The van der Waals surface area contributed by atoms with E-state index in [4.69, 9.17) is 10.5 Å². The Labute approximate surface area is 90.4 Å². The fraction of sp³-hybridized carbons (Fsp3) is 0.727. The number of ether oxygens (including phenoxy) is 1. The van der Waals surface area contributed by atoms with E-state index in [9.17, 15) is 0 Å². The van der Waals surface area contributed by atoms with Crippen LogP contribution in [0.2, 0.25) is 0 Å². The molecule has 1 aromatic rings. The molecule has 1 atom stereocenters. The van der Waals surface area contributed by atoms with Gasteiger partial charge in [-0.2, -0.15) is 5.10 Å². The van der Waals surface area contributed by atoms with Gasteiger partial charge in [0.15, 0.2) is 0 Å². The molecule has 1 fully saturated rings. The van der Waals surface area contributed by atoms with Crippen LogP contribution in [0.25, 0.3) is 0 Å². The van der Waals surface area contributed by atoms with Crippen molar-refractivity contribution < 1.29 is 4.74 Å². The van der Waals surface area contributed by atoms with E-state index in [-0.39, 0.29) is 11.7 Å². The number of anilines is 1. The summed E-state index contributed by atoms with van der Waals surface area (Å²) in [5.74, 6) is 0.618. The number of hydrogen-bond acceptors (Lipinski definition) is 3. The molecule has 1 aliphatic rings. The van der Waals surface area contributed by atoms with Crippen LogP contribution >= 0.6 is 0 Å². The molecule has 84 valence electrons. The second-order valence-corrected chi connectivity index (χ2v) is 4.96. The highest BCUT2D eigenvalue weighted by atomic mass is 16.5. The van der Waals surface area contributed by atoms with Gasteiger partial charge >= 0.3 is 0 Å². The van der Waals surface area contributed by atoms with Gasteiger partial charge in [0.1, 0.15) is 5.82 Å². The number of aryl methyl sites for hydroxylation is 1. The fourth-order valence-corrected chi connectivity index (χ4v) is 2.04. The van der Waals surface area contributed by atoms with E-state index >= 15 is 0 Å². The quantitative estimate of drug-likeness (QED) is 0.807. The van der Waals surface area contributed by atoms with Gasteiger partial charge in [0.05, 0.1) is 18.2 Å². The Bertz CT molecular complexity index is 337. The molecule has 0 amide bonds. The van der Waals surface area contributed by atoms with Crippen molar-refractivity contribution in [1.29, 1.82) is 0 Å². The third-order valence-corrected chi connectivity index (χ3v) is 2.93. The first-order valence-corrected chi connectivity index (χ1v) is 5.44. The first kappa shape index (κ1) is 10.5. The summed E-state index contributed by atoms with van der Waals surface area (Å²) >= 11 is 0. The molecule has 1 saturated heterocycles. The zero-order valence-corrected chi connectivity index (χ0v) is 9.66. The van der Waals surface area contributed by atoms with Crippen molar-refractivity contribution in [2.45, 2.75) is 51.9 Å². The minimum atomic E-state index is 0.0262. The van der Waals surface area contributed by atoms with Crippen LogP contribution in [-0.2, 0) is 11.3 Å². The predicted molar refractivity (Wildman–Crippen MR) is 59.6 cm³/mol. The van der Waals surface area contributed by atoms with Crippen molar-refractivity contribution in [1.82, 2.24) is 9.78 Å². The van der Waals surface area contributed by atoms with Gasteiger partial charge in [-0.15, -0.1) is 0 Å². The molecular weight excluding hydrogens is 190 g/mol. The van der Waals surface area contributed by atoms with Gasteiger partial charge in [0.2, 0.25) is 0 Å². The van der Waals surface area contributed by atoms with Crippen molar-refractivity contribution in [3.05, 3.63) is 11.8 Å². The summed E-state index contributed by atoms with van der Waals surface area (Å²) in [7, 11) is 0. The number of nitrogens with zero attached hydrogens (tertiary/aromatic N) is 2. The van der Waals surface area contributed by atoms with E-state index in [0.717, 1.165) is 24.9 Å². The maximum absolute atomic E-state index is 5.90. The smallest absolute Gasteiger partial charge is 0.148 e. The maximum Gasteiger partial charge on any atom is 0.148 e. The standard InChI is InChI=1S/C11H19N3O/c1-8-6-14(13-10(8)12)7-9-4-5-11(2,3)15-9/h6,9H,4-5,7H2,1-3H3,(H2,12,13). The summed E-state index contributed by atoms with van der Waals surface area (Å²) in [5.41, 5.74) is 6.76. The first-order chi connectivity index (χ1) is 6.96. The molecule has 2 rings (SSSR count). The summed E-state index contributed by atoms with van der Waals surface area (Å²) in [6.45, 7) is 7.05. The van der Waals surface area contributed by atoms with Gasteiger partial charge in [0, 0.05) is 11.8 Å². The zero-order valence-electron chi connectivity index (χ0n) is 9.66. The molecule has 2 heterocycles. The monoisotopic (exact) mass is 209 g/mol. The van der Waals surface area contributed by atoms with Gasteiger partial charge in [0.25, 0.3) is 0 Å². The Balaban J connectivity index is 1.98. The summed E-state index contributed by atoms with van der Waals surface area (Å²) in [4.78, 5) is 0. The van der Waals surface area contributed by atoms with Gasteiger partial charge in [-0.3, -0.25) is 4.68 Å². The molecule has 0 bridgehead atoms. The van der Waals surface area contributed by atoms with Crippen LogP contribution in [0.1, 0.15) is 32.3 Å². The summed E-state index contributed by atoms with van der Waals surface area (Å²) in [6.07, 6.45) is 4.47. The lowest BCUT2D eigenvalue weighted by molar-refractivity contribution is -0.0229. The van der Waals surface area contributed by atoms with Crippen LogP contribution < -0.4 is 5.73 Å². The molecular formula is C11H19N3O. The highest BCUT2D eigenvalue weighted by Gasteiger charge is 2.31. The minimum absolute atomic E-state index is 0.0262. The largest absolute Gasteiger partial charge is 0.382 e. The minimum Gasteiger partial charge on any atom is -0.382 e. The van der Waals surface area contributed by atoms with Crippen LogP contribution in [0.3, 0.4) is 0 Å². The molecule has 2 N–H and O–H groups in total. The zero-order chi connectivity index (χ0) is 11.1. The normalized spacial score (nSPS) is 24.6. The van der Waals surface area contributed by atoms with E-state index in [1.54, 1.807) is 0 Å². The number of aromatic nitrogens is 2. The molecule has 4 nitrogen and oxygen atoms in total. The first-order valence-electron chi connectivity index (χ1n) is 5.44. The second-order valence-electron chi connectivity index (χ2n) is 4.96. The van der Waals surface area contributed by atoms with Gasteiger partial charge in [-0.05, 0) is 33.6 Å². The Kier molecular flexibility index (Phi) is 2.46. The fourth-order valence-electron chi connectivity index (χ4n) is 2.04. The highest BCUT2D eigenvalue weighted by molar-refractivity contribution is 5.35. The third kappa shape index (κ3) is 2.31. The number of hydrogen-bond donors (Lipinski definition) is 1. The van der Waals surface area contributed by atoms with Gasteiger partial charge < -0.3 is 10.5 Å². The molecule has 4 heteroatoms. The van der Waals surface area contributed by atoms with Crippen LogP contribution in [0.15, 0.2) is 6.20 Å². The van der Waals surface area contributed by atoms with Crippen molar-refractivity contribution >= 4 is 5.82 Å². The van der Waals surface area contributed by atoms with E-state index in [1.165, 1.54) is 0 Å². The van der Waals surface area contributed by atoms with Crippen molar-refractivity contribution in [3.8, 4) is 0 Å². The molecule has 0 saturated carbocycles. The Hall–Kier alpha value is -1.03. The molecule has 15 heavy (non-hydrogen) atoms. The number of nitrogen functional groups attached to an aromatic ring is 1. The average Bonchev–Trinajstić information content (AvgIpc) is 2.58. The number of nitrogens with two attached hydrogens (primary N) is 1. The molecule has 0 aliphatic carbocycles. The lowest BCUT2D eigenvalue weighted by atomic mass is 10.1. The molecule has 0 spiro atoms. The SMILES string of the molecule is Cc1cn(CC2CCC(C)(C)O2)nc1N. The Morgan fingerprint density at radius 3 is 2.87 bits per heavy atom. The van der Waals surface area contributed by atoms with E-state index < -0.39 is 0 Å². The van der Waals surface area contributed by atoms with Crippen molar-refractivity contribution in [2.24, 2.45) is 0 Å². The van der Waals surface area contributed by atoms with E-state index in [2.05, 4.69) is 18.9 Å². The third-order valence-electron chi connectivity index (χ3n) is 2.93. The van der Waals surface area contributed by atoms with Crippen LogP contribution in [0.4, 0.5) is 5.82 Å². The molecule has 1 aromatic heterocycles. The lowest BCUT2D eigenvalue weighted by Crippen LogP contribution is -2.23.